The van der Waals surface area contributed by atoms with Gasteiger partial charge in [-0.2, -0.15) is 0 Å². The van der Waals surface area contributed by atoms with Crippen LogP contribution in [0.2, 0.25) is 15.1 Å². The molecule has 0 aliphatic heterocycles. The van der Waals surface area contributed by atoms with Gasteiger partial charge in [0.2, 0.25) is 0 Å². The van der Waals surface area contributed by atoms with Crippen molar-refractivity contribution in [3.05, 3.63) is 120 Å². The number of methoxy groups -OCH3 is 1. The molecule has 5 aromatic rings. The minimum atomic E-state index is -0.990. The van der Waals surface area contributed by atoms with Gasteiger partial charge in [0.1, 0.15) is 11.1 Å². The highest BCUT2D eigenvalue weighted by molar-refractivity contribution is 6.33. The van der Waals surface area contributed by atoms with Crippen LogP contribution in [-0.2, 0) is 17.8 Å². The first-order valence-corrected chi connectivity index (χ1v) is 13.4. The molecule has 0 fully saturated rings. The van der Waals surface area contributed by atoms with Crippen molar-refractivity contribution in [3.8, 4) is 22.6 Å². The van der Waals surface area contributed by atoms with Gasteiger partial charge < -0.3 is 9.84 Å². The summed E-state index contributed by atoms with van der Waals surface area (Å²) in [5.74, 6) is -0.793. The van der Waals surface area contributed by atoms with E-state index in [1.54, 1.807) is 42.5 Å². The minimum Gasteiger partial charge on any atom is -0.496 e. The van der Waals surface area contributed by atoms with E-state index in [0.717, 1.165) is 15.7 Å². The lowest BCUT2D eigenvalue weighted by Crippen LogP contribution is -2.39. The number of aryl methyl sites for hydroxylation is 1. The van der Waals surface area contributed by atoms with Crippen LogP contribution >= 0.6 is 34.8 Å². The first-order chi connectivity index (χ1) is 19.6. The Morgan fingerprint density at radius 2 is 1.76 bits per heavy atom. The molecule has 0 unspecified atom stereocenters. The number of nitrogens with zero attached hydrogens (tertiary/aromatic N) is 3. The molecule has 5 rings (SSSR count). The molecular formula is C30H22Cl3N3O5. The maximum atomic E-state index is 14.1. The highest BCUT2D eigenvalue weighted by Crippen LogP contribution is 2.35. The summed E-state index contributed by atoms with van der Waals surface area (Å²) in [6.45, 7) is 1.98. The SMILES string of the molecule is COc1cc(-c2cc(CC(=O)O)ccc2Cl)cc2c1c(=O)n(-c1cncc(Cl)c1)c(=O)n2Cc1cc(Cl)ccc1C. The number of benzene rings is 3. The van der Waals surface area contributed by atoms with E-state index >= 15 is 0 Å². The Morgan fingerprint density at radius 3 is 2.46 bits per heavy atom. The van der Waals surface area contributed by atoms with Gasteiger partial charge in [0.25, 0.3) is 5.56 Å². The third-order valence-corrected chi connectivity index (χ3v) is 7.49. The number of carboxylic acids is 1. The van der Waals surface area contributed by atoms with Crippen molar-refractivity contribution in [2.75, 3.05) is 7.11 Å². The van der Waals surface area contributed by atoms with Crippen LogP contribution in [0.4, 0.5) is 0 Å². The number of rotatable bonds is 7. The summed E-state index contributed by atoms with van der Waals surface area (Å²) in [5, 5.41) is 10.5. The number of fused-ring (bicyclic) bond motifs is 1. The summed E-state index contributed by atoms with van der Waals surface area (Å²) in [7, 11) is 1.42. The van der Waals surface area contributed by atoms with E-state index in [9.17, 15) is 19.5 Å². The molecule has 41 heavy (non-hydrogen) atoms. The number of halogens is 3. The highest BCUT2D eigenvalue weighted by Gasteiger charge is 2.21. The Morgan fingerprint density at radius 1 is 0.976 bits per heavy atom. The molecule has 0 aliphatic rings. The van der Waals surface area contributed by atoms with Crippen LogP contribution in [0.3, 0.4) is 0 Å². The third kappa shape index (κ3) is 5.59. The molecule has 11 heteroatoms. The molecule has 0 spiro atoms. The lowest BCUT2D eigenvalue weighted by Gasteiger charge is -2.18. The molecule has 0 amide bonds. The first kappa shape index (κ1) is 28.4. The topological polar surface area (TPSA) is 103 Å². The van der Waals surface area contributed by atoms with E-state index in [-0.39, 0.29) is 34.8 Å². The van der Waals surface area contributed by atoms with E-state index in [1.165, 1.54) is 30.1 Å². The second kappa shape index (κ2) is 11.4. The molecule has 0 saturated carbocycles. The van der Waals surface area contributed by atoms with E-state index < -0.39 is 17.2 Å². The fraction of sp³-hybridized carbons (Fsp3) is 0.133. The molecule has 2 heterocycles. The number of carbonyl (C=O) groups is 1. The molecule has 3 aromatic carbocycles. The summed E-state index contributed by atoms with van der Waals surface area (Å²) >= 11 is 19.0. The normalized spacial score (nSPS) is 11.1. The predicted octanol–water partition coefficient (Wildman–Crippen LogP) is 6.17. The Labute approximate surface area is 248 Å². The van der Waals surface area contributed by atoms with Gasteiger partial charge in [-0.3, -0.25) is 19.1 Å². The van der Waals surface area contributed by atoms with Gasteiger partial charge in [0, 0.05) is 21.8 Å². The number of hydrogen-bond donors (Lipinski definition) is 1. The van der Waals surface area contributed by atoms with E-state index in [4.69, 9.17) is 39.5 Å². The van der Waals surface area contributed by atoms with Gasteiger partial charge in [-0.15, -0.1) is 0 Å². The highest BCUT2D eigenvalue weighted by atomic mass is 35.5. The van der Waals surface area contributed by atoms with E-state index in [2.05, 4.69) is 4.98 Å². The maximum absolute atomic E-state index is 14.1. The van der Waals surface area contributed by atoms with Crippen molar-refractivity contribution in [2.45, 2.75) is 19.9 Å². The Kier molecular flexibility index (Phi) is 7.91. The number of aromatic nitrogens is 3. The number of hydrogen-bond acceptors (Lipinski definition) is 5. The second-order valence-corrected chi connectivity index (χ2v) is 10.7. The largest absolute Gasteiger partial charge is 0.496 e. The molecule has 0 saturated heterocycles. The van der Waals surface area contributed by atoms with Crippen molar-refractivity contribution in [3.63, 3.8) is 0 Å². The standard InChI is InChI=1S/C30H22Cl3N3O5/c1-16-3-5-20(31)9-19(16)15-35-25-10-18(23-7-17(8-27(37)38)4-6-24(23)33)11-26(41-2)28(25)29(39)36(30(35)40)22-12-21(32)13-34-14-22/h3-7,9-14H,8,15H2,1-2H3,(H,37,38). The van der Waals surface area contributed by atoms with Gasteiger partial charge in [0.05, 0.1) is 42.5 Å². The smallest absolute Gasteiger partial charge is 0.336 e. The van der Waals surface area contributed by atoms with Crippen molar-refractivity contribution >= 4 is 51.7 Å². The summed E-state index contributed by atoms with van der Waals surface area (Å²) in [5.41, 5.74) is 2.48. The molecular weight excluding hydrogens is 589 g/mol. The predicted molar refractivity (Wildman–Crippen MR) is 160 cm³/mol. The van der Waals surface area contributed by atoms with Crippen molar-refractivity contribution in [1.29, 1.82) is 0 Å². The zero-order valence-electron chi connectivity index (χ0n) is 21.8. The van der Waals surface area contributed by atoms with Crippen LogP contribution in [0.25, 0.3) is 27.7 Å². The summed E-state index contributed by atoms with van der Waals surface area (Å²) in [6.07, 6.45) is 2.58. The van der Waals surface area contributed by atoms with Gasteiger partial charge in [0.15, 0.2) is 0 Å². The number of ether oxygens (including phenoxy) is 1. The molecule has 0 bridgehead atoms. The Hall–Kier alpha value is -4.11. The number of pyridine rings is 1. The molecule has 8 nitrogen and oxygen atoms in total. The third-order valence-electron chi connectivity index (χ3n) is 6.72. The molecule has 0 aliphatic carbocycles. The molecule has 2 aromatic heterocycles. The minimum absolute atomic E-state index is 0.0788. The van der Waals surface area contributed by atoms with E-state index in [0.29, 0.717) is 32.3 Å². The number of carboxylic acid groups (broad SMARTS) is 1. The van der Waals surface area contributed by atoms with Crippen molar-refractivity contribution in [2.24, 2.45) is 0 Å². The maximum Gasteiger partial charge on any atom is 0.336 e. The average Bonchev–Trinajstić information content (AvgIpc) is 2.93. The van der Waals surface area contributed by atoms with Crippen LogP contribution in [0.15, 0.2) is 76.6 Å². The quantitative estimate of drug-likeness (QED) is 0.237. The van der Waals surface area contributed by atoms with Gasteiger partial charge in [-0.05, 0) is 71.6 Å². The summed E-state index contributed by atoms with van der Waals surface area (Å²) < 4.78 is 8.14. The van der Waals surface area contributed by atoms with Crippen molar-refractivity contribution in [1.82, 2.24) is 14.1 Å². The van der Waals surface area contributed by atoms with E-state index in [1.807, 2.05) is 13.0 Å². The molecule has 1 N–H and O–H groups in total. The van der Waals surface area contributed by atoms with Crippen LogP contribution in [0, 0.1) is 6.92 Å². The Balaban J connectivity index is 1.88. The van der Waals surface area contributed by atoms with Crippen LogP contribution in [-0.4, -0.2) is 32.3 Å². The lowest BCUT2D eigenvalue weighted by atomic mass is 9.99. The summed E-state index contributed by atoms with van der Waals surface area (Å²) in [6, 6.07) is 15.1. The zero-order valence-corrected chi connectivity index (χ0v) is 24.1. The molecule has 0 radical (unpaired) electrons. The lowest BCUT2D eigenvalue weighted by molar-refractivity contribution is -0.136. The van der Waals surface area contributed by atoms with Crippen LogP contribution < -0.4 is 16.0 Å². The van der Waals surface area contributed by atoms with Gasteiger partial charge in [-0.1, -0.05) is 46.9 Å². The summed E-state index contributed by atoms with van der Waals surface area (Å²) in [4.78, 5) is 43.4. The second-order valence-electron chi connectivity index (χ2n) is 9.40. The average molecular weight is 611 g/mol. The fourth-order valence-electron chi connectivity index (χ4n) is 4.73. The van der Waals surface area contributed by atoms with Gasteiger partial charge >= 0.3 is 11.7 Å². The van der Waals surface area contributed by atoms with Crippen molar-refractivity contribution < 1.29 is 14.6 Å². The first-order valence-electron chi connectivity index (χ1n) is 12.3. The fourth-order valence-corrected chi connectivity index (χ4v) is 5.32. The van der Waals surface area contributed by atoms with Crippen LogP contribution in [0.1, 0.15) is 16.7 Å². The van der Waals surface area contributed by atoms with Crippen LogP contribution in [0.5, 0.6) is 5.75 Å². The monoisotopic (exact) mass is 609 g/mol. The Bertz CT molecular complexity index is 1970. The molecule has 0 atom stereocenters. The number of aliphatic carboxylic acids is 1. The zero-order chi connectivity index (χ0) is 29.4. The molecule has 208 valence electrons. The van der Waals surface area contributed by atoms with Gasteiger partial charge in [-0.25, -0.2) is 9.36 Å².